The standard InChI is InChI=1S/C13H13F3N2O/c1-3-19-9-6-4-5-8-10(17)7(2)12(13(14,15)16)18-11(8)9/h4-6H,3H2,1-2H3,(H2,17,18). The topological polar surface area (TPSA) is 48.1 Å². The van der Waals surface area contributed by atoms with Crippen LogP contribution in [0.5, 0.6) is 5.75 Å². The molecule has 2 N–H and O–H groups in total. The van der Waals surface area contributed by atoms with Gasteiger partial charge < -0.3 is 10.5 Å². The van der Waals surface area contributed by atoms with Crippen molar-refractivity contribution >= 4 is 16.6 Å². The molecule has 0 unspecified atom stereocenters. The first-order chi connectivity index (χ1) is 8.86. The molecule has 0 bridgehead atoms. The highest BCUT2D eigenvalue weighted by molar-refractivity contribution is 5.95. The van der Waals surface area contributed by atoms with Gasteiger partial charge in [-0.25, -0.2) is 4.98 Å². The number of para-hydroxylation sites is 1. The van der Waals surface area contributed by atoms with Crippen LogP contribution in [-0.4, -0.2) is 11.6 Å². The number of benzene rings is 1. The number of anilines is 1. The molecule has 0 atom stereocenters. The van der Waals surface area contributed by atoms with E-state index in [0.29, 0.717) is 17.7 Å². The zero-order valence-electron chi connectivity index (χ0n) is 10.5. The number of ether oxygens (including phenoxy) is 1. The lowest BCUT2D eigenvalue weighted by atomic mass is 10.1. The third-order valence-electron chi connectivity index (χ3n) is 2.84. The molecule has 1 aromatic carbocycles. The number of nitrogen functional groups attached to an aromatic ring is 1. The molecule has 0 aliphatic rings. The van der Waals surface area contributed by atoms with E-state index in [1.165, 1.54) is 6.92 Å². The molecule has 2 rings (SSSR count). The molecule has 0 saturated carbocycles. The average Bonchev–Trinajstić information content (AvgIpc) is 2.33. The Morgan fingerprint density at radius 2 is 2.00 bits per heavy atom. The fraction of sp³-hybridized carbons (Fsp3) is 0.308. The normalized spacial score (nSPS) is 11.8. The Balaban J connectivity index is 2.82. The highest BCUT2D eigenvalue weighted by Crippen LogP contribution is 2.37. The van der Waals surface area contributed by atoms with Gasteiger partial charge in [0.05, 0.1) is 6.61 Å². The molecule has 0 radical (unpaired) electrons. The molecule has 3 nitrogen and oxygen atoms in total. The van der Waals surface area contributed by atoms with Crippen LogP contribution in [0.1, 0.15) is 18.2 Å². The molecule has 1 heterocycles. The minimum atomic E-state index is -4.54. The third kappa shape index (κ3) is 2.30. The van der Waals surface area contributed by atoms with Gasteiger partial charge in [-0.1, -0.05) is 12.1 Å². The highest BCUT2D eigenvalue weighted by atomic mass is 19.4. The predicted octanol–water partition coefficient (Wildman–Crippen LogP) is 3.54. The lowest BCUT2D eigenvalue weighted by Crippen LogP contribution is -2.13. The Morgan fingerprint density at radius 1 is 1.32 bits per heavy atom. The Labute approximate surface area is 108 Å². The number of aromatic nitrogens is 1. The Morgan fingerprint density at radius 3 is 2.58 bits per heavy atom. The van der Waals surface area contributed by atoms with Crippen molar-refractivity contribution in [1.82, 2.24) is 4.98 Å². The molecule has 0 spiro atoms. The Bertz CT molecular complexity index is 623. The van der Waals surface area contributed by atoms with Crippen LogP contribution < -0.4 is 10.5 Å². The molecule has 1 aromatic heterocycles. The van der Waals surface area contributed by atoms with E-state index < -0.39 is 11.9 Å². The number of fused-ring (bicyclic) bond motifs is 1. The van der Waals surface area contributed by atoms with E-state index in [1.54, 1.807) is 25.1 Å². The number of nitrogens with zero attached hydrogens (tertiary/aromatic N) is 1. The molecular formula is C13H13F3N2O. The monoisotopic (exact) mass is 270 g/mol. The second-order valence-corrected chi connectivity index (χ2v) is 4.08. The van der Waals surface area contributed by atoms with Gasteiger partial charge in [0.25, 0.3) is 0 Å². The van der Waals surface area contributed by atoms with E-state index in [-0.39, 0.29) is 16.8 Å². The minimum Gasteiger partial charge on any atom is -0.492 e. The zero-order valence-corrected chi connectivity index (χ0v) is 10.5. The van der Waals surface area contributed by atoms with E-state index in [1.807, 2.05) is 0 Å². The lowest BCUT2D eigenvalue weighted by Gasteiger charge is -2.15. The van der Waals surface area contributed by atoms with Gasteiger partial charge in [0.15, 0.2) is 0 Å². The maximum atomic E-state index is 12.9. The van der Waals surface area contributed by atoms with Gasteiger partial charge in [-0.15, -0.1) is 0 Å². The maximum Gasteiger partial charge on any atom is 0.433 e. The first kappa shape index (κ1) is 13.5. The Kier molecular flexibility index (Phi) is 3.26. The van der Waals surface area contributed by atoms with Crippen molar-refractivity contribution < 1.29 is 17.9 Å². The summed E-state index contributed by atoms with van der Waals surface area (Å²) in [6.07, 6.45) is -4.54. The first-order valence-corrected chi connectivity index (χ1v) is 5.75. The van der Waals surface area contributed by atoms with Crippen LogP contribution in [0, 0.1) is 6.92 Å². The third-order valence-corrected chi connectivity index (χ3v) is 2.84. The van der Waals surface area contributed by atoms with Gasteiger partial charge in [0.1, 0.15) is 17.0 Å². The average molecular weight is 270 g/mol. The van der Waals surface area contributed by atoms with Crippen molar-refractivity contribution in [1.29, 1.82) is 0 Å². The molecule has 0 fully saturated rings. The van der Waals surface area contributed by atoms with Gasteiger partial charge in [-0.3, -0.25) is 0 Å². The summed E-state index contributed by atoms with van der Waals surface area (Å²) in [5, 5.41) is 0.469. The fourth-order valence-corrected chi connectivity index (χ4v) is 1.93. The van der Waals surface area contributed by atoms with Gasteiger partial charge >= 0.3 is 6.18 Å². The van der Waals surface area contributed by atoms with E-state index >= 15 is 0 Å². The van der Waals surface area contributed by atoms with Gasteiger partial charge in [-0.2, -0.15) is 13.2 Å². The van der Waals surface area contributed by atoms with Crippen LogP contribution in [-0.2, 0) is 6.18 Å². The first-order valence-electron chi connectivity index (χ1n) is 5.75. The molecule has 2 aromatic rings. The van der Waals surface area contributed by atoms with Crippen LogP contribution in [0.15, 0.2) is 18.2 Å². The summed E-state index contributed by atoms with van der Waals surface area (Å²) in [7, 11) is 0. The van der Waals surface area contributed by atoms with Gasteiger partial charge in [-0.05, 0) is 19.9 Å². The summed E-state index contributed by atoms with van der Waals surface area (Å²) in [5.41, 5.74) is 4.98. The number of hydrogen-bond donors (Lipinski definition) is 1. The lowest BCUT2D eigenvalue weighted by molar-refractivity contribution is -0.141. The van der Waals surface area contributed by atoms with E-state index in [0.717, 1.165) is 0 Å². The van der Waals surface area contributed by atoms with Gasteiger partial charge in [0, 0.05) is 16.6 Å². The van der Waals surface area contributed by atoms with Crippen molar-refractivity contribution in [3.63, 3.8) is 0 Å². The fourth-order valence-electron chi connectivity index (χ4n) is 1.93. The molecule has 0 aliphatic carbocycles. The summed E-state index contributed by atoms with van der Waals surface area (Å²) >= 11 is 0. The number of halogens is 3. The van der Waals surface area contributed by atoms with Crippen molar-refractivity contribution in [3.8, 4) is 5.75 Å². The number of alkyl halides is 3. The van der Waals surface area contributed by atoms with E-state index in [9.17, 15) is 13.2 Å². The molecular weight excluding hydrogens is 257 g/mol. The van der Waals surface area contributed by atoms with Crippen molar-refractivity contribution in [2.75, 3.05) is 12.3 Å². The Hall–Kier alpha value is -1.98. The summed E-state index contributed by atoms with van der Waals surface area (Å²) in [6, 6.07) is 4.89. The zero-order chi connectivity index (χ0) is 14.2. The number of nitrogens with two attached hydrogens (primary N) is 1. The molecule has 6 heteroatoms. The smallest absolute Gasteiger partial charge is 0.433 e. The molecule has 0 amide bonds. The number of pyridine rings is 1. The summed E-state index contributed by atoms with van der Waals surface area (Å²) in [4.78, 5) is 3.70. The molecule has 0 aliphatic heterocycles. The SMILES string of the molecule is CCOc1cccc2c(N)c(C)c(C(F)(F)F)nc12. The van der Waals surface area contributed by atoms with Gasteiger partial charge in [0.2, 0.25) is 0 Å². The van der Waals surface area contributed by atoms with Crippen molar-refractivity contribution in [2.24, 2.45) is 0 Å². The van der Waals surface area contributed by atoms with E-state index in [4.69, 9.17) is 10.5 Å². The summed E-state index contributed by atoms with van der Waals surface area (Å²) in [6.45, 7) is 3.41. The molecule has 102 valence electrons. The molecule has 19 heavy (non-hydrogen) atoms. The van der Waals surface area contributed by atoms with Crippen LogP contribution in [0.2, 0.25) is 0 Å². The second-order valence-electron chi connectivity index (χ2n) is 4.08. The van der Waals surface area contributed by atoms with Crippen LogP contribution in [0.25, 0.3) is 10.9 Å². The second kappa shape index (κ2) is 4.60. The van der Waals surface area contributed by atoms with Crippen LogP contribution in [0.4, 0.5) is 18.9 Å². The molecule has 0 saturated heterocycles. The maximum absolute atomic E-state index is 12.9. The predicted molar refractivity (Wildman–Crippen MR) is 67.1 cm³/mol. The van der Waals surface area contributed by atoms with Crippen molar-refractivity contribution in [2.45, 2.75) is 20.0 Å². The van der Waals surface area contributed by atoms with Crippen LogP contribution in [0.3, 0.4) is 0 Å². The largest absolute Gasteiger partial charge is 0.492 e. The summed E-state index contributed by atoms with van der Waals surface area (Å²) in [5.74, 6) is 0.303. The quantitative estimate of drug-likeness (QED) is 0.907. The van der Waals surface area contributed by atoms with Crippen molar-refractivity contribution in [3.05, 3.63) is 29.5 Å². The highest BCUT2D eigenvalue weighted by Gasteiger charge is 2.36. The van der Waals surface area contributed by atoms with E-state index in [2.05, 4.69) is 4.98 Å². The van der Waals surface area contributed by atoms with Crippen LogP contribution >= 0.6 is 0 Å². The number of rotatable bonds is 2. The summed E-state index contributed by atoms with van der Waals surface area (Å²) < 4.78 is 44.0. The minimum absolute atomic E-state index is 0.0614. The number of hydrogen-bond acceptors (Lipinski definition) is 3.